The van der Waals surface area contributed by atoms with Gasteiger partial charge in [0.05, 0.1) is 18.5 Å². The van der Waals surface area contributed by atoms with Crippen molar-refractivity contribution >= 4 is 18.2 Å². The Kier molecular flexibility index (Phi) is 2.90. The van der Waals surface area contributed by atoms with E-state index in [0.717, 1.165) is 6.42 Å². The van der Waals surface area contributed by atoms with Crippen molar-refractivity contribution in [2.45, 2.75) is 50.4 Å². The fourth-order valence-electron chi connectivity index (χ4n) is 2.68. The molecular formula is C11H17N5O3. The number of ether oxygens (including phenoxy) is 1. The standard InChI is InChI=1S/C11H17N5O3/c1-2-6-5(17)3-7(19-6)16-4-13-8-9(16)14-11(12)15-10(8)18/h4-9,17H,2-3H2,1H3,(H3,12,14,15,18)/t5?,6-,7-,8?,9?/m1/s1. The lowest BCUT2D eigenvalue weighted by Gasteiger charge is -2.31. The summed E-state index contributed by atoms with van der Waals surface area (Å²) >= 11 is 0. The lowest BCUT2D eigenvalue weighted by atomic mass is 10.1. The summed E-state index contributed by atoms with van der Waals surface area (Å²) in [6.07, 6.45) is 1.31. The maximum absolute atomic E-state index is 11.7. The fourth-order valence-corrected chi connectivity index (χ4v) is 2.68. The third-order valence-electron chi connectivity index (χ3n) is 3.68. The first-order chi connectivity index (χ1) is 9.10. The quantitative estimate of drug-likeness (QED) is 0.555. The number of aliphatic hydroxyl groups is 1. The van der Waals surface area contributed by atoms with Crippen LogP contribution in [0.2, 0.25) is 0 Å². The molecule has 4 N–H and O–H groups in total. The van der Waals surface area contributed by atoms with E-state index in [9.17, 15) is 9.90 Å². The van der Waals surface area contributed by atoms with E-state index in [4.69, 9.17) is 10.5 Å². The number of hydrogen-bond donors (Lipinski definition) is 3. The summed E-state index contributed by atoms with van der Waals surface area (Å²) in [4.78, 5) is 21.8. The van der Waals surface area contributed by atoms with Gasteiger partial charge in [-0.05, 0) is 6.42 Å². The molecule has 104 valence electrons. The van der Waals surface area contributed by atoms with Crippen LogP contribution in [0.4, 0.5) is 0 Å². The normalized spacial score (nSPS) is 41.2. The monoisotopic (exact) mass is 267 g/mol. The van der Waals surface area contributed by atoms with Gasteiger partial charge in [-0.2, -0.15) is 0 Å². The van der Waals surface area contributed by atoms with Crippen molar-refractivity contribution in [1.29, 1.82) is 0 Å². The second-order valence-corrected chi connectivity index (χ2v) is 4.91. The average Bonchev–Trinajstić information content (AvgIpc) is 2.92. The number of nitrogens with two attached hydrogens (primary N) is 1. The summed E-state index contributed by atoms with van der Waals surface area (Å²) in [5, 5.41) is 12.3. The smallest absolute Gasteiger partial charge is 0.255 e. The molecule has 3 heterocycles. The number of aliphatic hydroxyl groups excluding tert-OH is 1. The van der Waals surface area contributed by atoms with Crippen molar-refractivity contribution < 1.29 is 14.6 Å². The second kappa shape index (κ2) is 4.46. The summed E-state index contributed by atoms with van der Waals surface area (Å²) in [6.45, 7) is 1.96. The molecule has 1 saturated heterocycles. The lowest BCUT2D eigenvalue weighted by molar-refractivity contribution is -0.123. The molecular weight excluding hydrogens is 250 g/mol. The number of nitrogens with one attached hydrogen (secondary N) is 1. The molecule has 0 aromatic rings. The molecule has 8 nitrogen and oxygen atoms in total. The predicted octanol–water partition coefficient (Wildman–Crippen LogP) is -1.64. The van der Waals surface area contributed by atoms with Gasteiger partial charge in [0.25, 0.3) is 5.91 Å². The largest absolute Gasteiger partial charge is 0.390 e. The van der Waals surface area contributed by atoms with Gasteiger partial charge >= 0.3 is 0 Å². The highest BCUT2D eigenvalue weighted by atomic mass is 16.5. The minimum Gasteiger partial charge on any atom is -0.390 e. The molecule has 0 spiro atoms. The number of carbonyl (C=O) groups excluding carboxylic acids is 1. The molecule has 3 aliphatic heterocycles. The highest BCUT2D eigenvalue weighted by Crippen LogP contribution is 2.30. The van der Waals surface area contributed by atoms with Crippen LogP contribution in [0.1, 0.15) is 19.8 Å². The molecule has 0 aliphatic carbocycles. The van der Waals surface area contributed by atoms with Crippen molar-refractivity contribution in [3.8, 4) is 0 Å². The zero-order valence-electron chi connectivity index (χ0n) is 10.6. The van der Waals surface area contributed by atoms with E-state index in [0.29, 0.717) is 6.42 Å². The molecule has 1 fully saturated rings. The van der Waals surface area contributed by atoms with Crippen molar-refractivity contribution in [2.24, 2.45) is 15.7 Å². The summed E-state index contributed by atoms with van der Waals surface area (Å²) in [5.41, 5.74) is 5.57. The molecule has 8 heteroatoms. The number of hydrogen-bond acceptors (Lipinski definition) is 7. The Morgan fingerprint density at radius 3 is 3.16 bits per heavy atom. The molecule has 0 bridgehead atoms. The third kappa shape index (κ3) is 1.96. The molecule has 0 aromatic carbocycles. The predicted molar refractivity (Wildman–Crippen MR) is 67.2 cm³/mol. The maximum Gasteiger partial charge on any atom is 0.255 e. The van der Waals surface area contributed by atoms with Gasteiger partial charge in [-0.3, -0.25) is 15.1 Å². The molecule has 5 atom stereocenters. The molecule has 0 saturated carbocycles. The zero-order chi connectivity index (χ0) is 13.6. The van der Waals surface area contributed by atoms with Gasteiger partial charge in [-0.15, -0.1) is 0 Å². The van der Waals surface area contributed by atoms with Crippen LogP contribution < -0.4 is 11.1 Å². The van der Waals surface area contributed by atoms with Crippen LogP contribution in [0.25, 0.3) is 0 Å². The number of guanidine groups is 1. The molecule has 3 aliphatic rings. The number of aliphatic imine (C=N–C) groups is 2. The van der Waals surface area contributed by atoms with E-state index in [1.54, 1.807) is 11.2 Å². The highest BCUT2D eigenvalue weighted by Gasteiger charge is 2.45. The van der Waals surface area contributed by atoms with E-state index >= 15 is 0 Å². The first-order valence-corrected chi connectivity index (χ1v) is 6.38. The van der Waals surface area contributed by atoms with Crippen LogP contribution in [0, 0.1) is 0 Å². The van der Waals surface area contributed by atoms with Crippen LogP contribution in [0.3, 0.4) is 0 Å². The van der Waals surface area contributed by atoms with E-state index < -0.39 is 18.3 Å². The first-order valence-electron chi connectivity index (χ1n) is 6.38. The average molecular weight is 267 g/mol. The molecule has 3 rings (SSSR count). The number of amides is 1. The molecule has 0 aromatic heterocycles. The van der Waals surface area contributed by atoms with Crippen molar-refractivity contribution in [2.75, 3.05) is 0 Å². The van der Waals surface area contributed by atoms with Gasteiger partial charge in [-0.1, -0.05) is 6.92 Å². The Labute approximate surface area is 110 Å². The highest BCUT2D eigenvalue weighted by molar-refractivity contribution is 6.02. The maximum atomic E-state index is 11.7. The Bertz CT molecular complexity index is 452. The van der Waals surface area contributed by atoms with Gasteiger partial charge in [0.2, 0.25) is 0 Å². The number of carbonyl (C=O) groups is 1. The van der Waals surface area contributed by atoms with Crippen LogP contribution in [-0.4, -0.2) is 58.9 Å². The molecule has 19 heavy (non-hydrogen) atoms. The Morgan fingerprint density at radius 1 is 1.68 bits per heavy atom. The molecule has 0 radical (unpaired) electrons. The molecule has 1 amide bonds. The van der Waals surface area contributed by atoms with Gasteiger partial charge < -0.3 is 20.5 Å². The SMILES string of the molecule is CC[C@H]1O[C@@H](N2C=NC3C(=O)NC(N)=NC32)CC1O. The van der Waals surface area contributed by atoms with Crippen LogP contribution in [-0.2, 0) is 9.53 Å². The summed E-state index contributed by atoms with van der Waals surface area (Å²) in [7, 11) is 0. The van der Waals surface area contributed by atoms with Crippen molar-refractivity contribution in [3.63, 3.8) is 0 Å². The van der Waals surface area contributed by atoms with Crippen molar-refractivity contribution in [1.82, 2.24) is 10.2 Å². The summed E-state index contributed by atoms with van der Waals surface area (Å²) < 4.78 is 5.77. The third-order valence-corrected chi connectivity index (χ3v) is 3.68. The van der Waals surface area contributed by atoms with Crippen LogP contribution in [0.15, 0.2) is 9.98 Å². The van der Waals surface area contributed by atoms with E-state index in [2.05, 4.69) is 15.3 Å². The number of rotatable bonds is 2. The minimum absolute atomic E-state index is 0.0901. The van der Waals surface area contributed by atoms with E-state index in [-0.39, 0.29) is 24.2 Å². The number of fused-ring (bicyclic) bond motifs is 1. The minimum atomic E-state index is -0.589. The van der Waals surface area contributed by atoms with Gasteiger partial charge in [0.15, 0.2) is 18.2 Å². The Hall–Kier alpha value is -1.67. The Balaban J connectivity index is 1.78. The van der Waals surface area contributed by atoms with Crippen LogP contribution in [0.5, 0.6) is 0 Å². The van der Waals surface area contributed by atoms with Crippen LogP contribution >= 0.6 is 0 Å². The Morgan fingerprint density at radius 2 is 2.47 bits per heavy atom. The number of nitrogens with zero attached hydrogens (tertiary/aromatic N) is 3. The zero-order valence-corrected chi connectivity index (χ0v) is 10.6. The van der Waals surface area contributed by atoms with Gasteiger partial charge in [0.1, 0.15) is 6.23 Å². The van der Waals surface area contributed by atoms with Gasteiger partial charge in [0, 0.05) is 6.42 Å². The summed E-state index contributed by atoms with van der Waals surface area (Å²) in [6, 6.07) is -0.589. The summed E-state index contributed by atoms with van der Waals surface area (Å²) in [5.74, 6) is -0.172. The second-order valence-electron chi connectivity index (χ2n) is 4.91. The van der Waals surface area contributed by atoms with Crippen molar-refractivity contribution in [3.05, 3.63) is 0 Å². The van der Waals surface area contributed by atoms with E-state index in [1.165, 1.54) is 0 Å². The van der Waals surface area contributed by atoms with Gasteiger partial charge in [-0.25, -0.2) is 4.99 Å². The topological polar surface area (TPSA) is 113 Å². The fraction of sp³-hybridized carbons (Fsp3) is 0.727. The molecule has 3 unspecified atom stereocenters. The van der Waals surface area contributed by atoms with E-state index in [1.807, 2.05) is 6.92 Å². The first kappa shape index (κ1) is 12.4. The lowest BCUT2D eigenvalue weighted by Crippen LogP contribution is -2.55.